The van der Waals surface area contributed by atoms with Crippen LogP contribution in [0.2, 0.25) is 18.1 Å². The molecular formula is C38H56BrNO4Si. The SMILES string of the molecule is CC[Si](CC)(CC)OC1=C(CCOCOC)[C@@](C)(CCC(=C(C)C)c2cc3c(cc2Br)c2ccccc2n3COC)[C@H](C)CC1. The van der Waals surface area contributed by atoms with Gasteiger partial charge in [-0.25, -0.2) is 0 Å². The zero-order valence-electron chi connectivity index (χ0n) is 29.3. The molecule has 1 heterocycles. The van der Waals surface area contributed by atoms with Crippen LogP contribution in [0.5, 0.6) is 0 Å². The summed E-state index contributed by atoms with van der Waals surface area (Å²) in [4.78, 5) is 0. The van der Waals surface area contributed by atoms with E-state index in [1.807, 2.05) is 0 Å². The van der Waals surface area contributed by atoms with Crippen molar-refractivity contribution < 1.29 is 18.6 Å². The Labute approximate surface area is 281 Å². The van der Waals surface area contributed by atoms with E-state index in [-0.39, 0.29) is 5.41 Å². The molecule has 0 aliphatic heterocycles. The summed E-state index contributed by atoms with van der Waals surface area (Å²) in [6.45, 7) is 17.9. The molecule has 1 aromatic heterocycles. The third-order valence-electron chi connectivity index (χ3n) is 10.8. The van der Waals surface area contributed by atoms with E-state index >= 15 is 0 Å². The molecule has 7 heteroatoms. The first-order valence-electron chi connectivity index (χ1n) is 16.9. The molecular weight excluding hydrogens is 642 g/mol. The van der Waals surface area contributed by atoms with Gasteiger partial charge in [0.05, 0.1) is 23.4 Å². The number of methoxy groups -OCH3 is 2. The van der Waals surface area contributed by atoms with E-state index in [1.54, 1.807) is 14.2 Å². The number of para-hydroxylation sites is 1. The highest BCUT2D eigenvalue weighted by molar-refractivity contribution is 9.10. The third kappa shape index (κ3) is 7.48. The monoisotopic (exact) mass is 697 g/mol. The first kappa shape index (κ1) is 35.9. The first-order chi connectivity index (χ1) is 21.6. The van der Waals surface area contributed by atoms with Gasteiger partial charge in [-0.05, 0) is 104 Å². The van der Waals surface area contributed by atoms with Crippen molar-refractivity contribution in [1.82, 2.24) is 4.57 Å². The number of allylic oxidation sites excluding steroid dienone is 3. The van der Waals surface area contributed by atoms with Crippen LogP contribution in [0.15, 0.2) is 57.8 Å². The van der Waals surface area contributed by atoms with E-state index in [9.17, 15) is 0 Å². The Morgan fingerprint density at radius 1 is 1.00 bits per heavy atom. The molecule has 4 rings (SSSR count). The lowest BCUT2D eigenvalue weighted by molar-refractivity contribution is -0.0311. The standard InChI is InChI=1S/C38H56BrNO4Si/c1-10-45(11-2,12-3)44-37-18-17-28(6)38(7,33(37)20-22-43-26-42-9)21-19-29(27(4)5)31-24-36-32(23-34(31)39)30-15-13-14-16-35(30)40(36)25-41-8/h13-16,23-24,28H,10-12,17-22,25-26H2,1-9H3/t28-,38+/m1/s1. The van der Waals surface area contributed by atoms with Gasteiger partial charge in [0.1, 0.15) is 13.5 Å². The van der Waals surface area contributed by atoms with Crippen molar-refractivity contribution >= 4 is 51.6 Å². The van der Waals surface area contributed by atoms with Crippen LogP contribution in [0.3, 0.4) is 0 Å². The molecule has 3 aromatic rings. The highest BCUT2D eigenvalue weighted by atomic mass is 79.9. The fourth-order valence-corrected chi connectivity index (χ4v) is 10.8. The molecule has 5 nitrogen and oxygen atoms in total. The molecule has 0 saturated carbocycles. The van der Waals surface area contributed by atoms with E-state index in [0.29, 0.717) is 26.0 Å². The molecule has 0 N–H and O–H groups in total. The summed E-state index contributed by atoms with van der Waals surface area (Å²) in [5, 5.41) is 2.50. The number of halogens is 1. The first-order valence-corrected chi connectivity index (χ1v) is 20.3. The number of rotatable bonds is 16. The Kier molecular flexibility index (Phi) is 12.6. The second kappa shape index (κ2) is 15.8. The Morgan fingerprint density at radius 2 is 1.71 bits per heavy atom. The van der Waals surface area contributed by atoms with E-state index in [0.717, 1.165) is 54.7 Å². The zero-order valence-corrected chi connectivity index (χ0v) is 31.9. The van der Waals surface area contributed by atoms with Gasteiger partial charge in [-0.1, -0.05) is 74.3 Å². The molecule has 45 heavy (non-hydrogen) atoms. The smallest absolute Gasteiger partial charge is 0.250 e. The quantitative estimate of drug-likeness (QED) is 0.0848. The summed E-state index contributed by atoms with van der Waals surface area (Å²) in [7, 11) is 1.65. The highest BCUT2D eigenvalue weighted by Gasteiger charge is 2.42. The van der Waals surface area contributed by atoms with Crippen molar-refractivity contribution in [2.45, 2.75) is 105 Å². The second-order valence-electron chi connectivity index (χ2n) is 13.4. The van der Waals surface area contributed by atoms with Crippen LogP contribution in [-0.4, -0.2) is 40.5 Å². The highest BCUT2D eigenvalue weighted by Crippen LogP contribution is 2.52. The van der Waals surface area contributed by atoms with Crippen LogP contribution >= 0.6 is 15.9 Å². The van der Waals surface area contributed by atoms with E-state index in [4.69, 9.17) is 18.6 Å². The minimum absolute atomic E-state index is 0.0155. The van der Waals surface area contributed by atoms with E-state index < -0.39 is 8.32 Å². The number of fused-ring (bicyclic) bond motifs is 3. The van der Waals surface area contributed by atoms with Crippen molar-refractivity contribution in [3.8, 4) is 0 Å². The average Bonchev–Trinajstić information content (AvgIpc) is 3.33. The number of aromatic nitrogens is 1. The van der Waals surface area contributed by atoms with Gasteiger partial charge in [0, 0.05) is 35.9 Å². The molecule has 0 fully saturated rings. The fourth-order valence-electron chi connectivity index (χ4n) is 7.52. The summed E-state index contributed by atoms with van der Waals surface area (Å²) in [5.41, 5.74) is 7.94. The number of hydrogen-bond donors (Lipinski definition) is 0. The van der Waals surface area contributed by atoms with Gasteiger partial charge in [-0.3, -0.25) is 0 Å². The van der Waals surface area contributed by atoms with Gasteiger partial charge in [0.2, 0.25) is 8.32 Å². The lowest BCUT2D eigenvalue weighted by atomic mass is 9.63. The number of nitrogens with zero attached hydrogens (tertiary/aromatic N) is 1. The van der Waals surface area contributed by atoms with Crippen molar-refractivity contribution in [3.63, 3.8) is 0 Å². The van der Waals surface area contributed by atoms with Gasteiger partial charge >= 0.3 is 0 Å². The predicted molar refractivity (Wildman–Crippen MR) is 196 cm³/mol. The van der Waals surface area contributed by atoms with Gasteiger partial charge < -0.3 is 23.2 Å². The van der Waals surface area contributed by atoms with Crippen LogP contribution in [0, 0.1) is 11.3 Å². The molecule has 0 unspecified atom stereocenters. The molecule has 0 amide bonds. The van der Waals surface area contributed by atoms with Gasteiger partial charge in [0.15, 0.2) is 0 Å². The molecule has 0 radical (unpaired) electrons. The normalized spacial score (nSPS) is 19.1. The van der Waals surface area contributed by atoms with Gasteiger partial charge in [-0.15, -0.1) is 0 Å². The van der Waals surface area contributed by atoms with Crippen LogP contribution in [0.4, 0.5) is 0 Å². The number of hydrogen-bond acceptors (Lipinski definition) is 4. The summed E-state index contributed by atoms with van der Waals surface area (Å²) in [5.74, 6) is 1.83. The van der Waals surface area contributed by atoms with Gasteiger partial charge in [0.25, 0.3) is 0 Å². The summed E-state index contributed by atoms with van der Waals surface area (Å²) >= 11 is 4.01. The summed E-state index contributed by atoms with van der Waals surface area (Å²) in [6, 6.07) is 16.8. The summed E-state index contributed by atoms with van der Waals surface area (Å²) in [6.07, 6.45) is 5.13. The molecule has 2 atom stereocenters. The van der Waals surface area contributed by atoms with Crippen LogP contribution < -0.4 is 0 Å². The van der Waals surface area contributed by atoms with Gasteiger partial charge in [-0.2, -0.15) is 0 Å². The molecule has 1 aliphatic rings. The van der Waals surface area contributed by atoms with Crippen molar-refractivity contribution in [2.75, 3.05) is 27.6 Å². The molecule has 0 saturated heterocycles. The maximum absolute atomic E-state index is 7.21. The minimum Gasteiger partial charge on any atom is -0.547 e. The minimum atomic E-state index is -1.81. The largest absolute Gasteiger partial charge is 0.547 e. The summed E-state index contributed by atoms with van der Waals surface area (Å²) < 4.78 is 27.4. The Hall–Kier alpha value is -1.90. The number of ether oxygens (including phenoxy) is 3. The lowest BCUT2D eigenvalue weighted by Crippen LogP contribution is -2.39. The Morgan fingerprint density at radius 3 is 2.36 bits per heavy atom. The van der Waals surface area contributed by atoms with Crippen LogP contribution in [0.25, 0.3) is 27.4 Å². The topological polar surface area (TPSA) is 41.9 Å². The average molecular weight is 699 g/mol. The maximum atomic E-state index is 7.21. The molecule has 0 bridgehead atoms. The zero-order chi connectivity index (χ0) is 32.8. The molecule has 0 spiro atoms. The third-order valence-corrected chi connectivity index (χ3v) is 16.0. The van der Waals surface area contributed by atoms with Crippen LogP contribution in [0.1, 0.15) is 86.1 Å². The Balaban J connectivity index is 1.75. The maximum Gasteiger partial charge on any atom is 0.250 e. The fraction of sp³-hybridized carbons (Fsp3) is 0.579. The second-order valence-corrected chi connectivity index (χ2v) is 18.9. The van der Waals surface area contributed by atoms with Crippen LogP contribution in [-0.2, 0) is 25.4 Å². The molecule has 2 aromatic carbocycles. The van der Waals surface area contributed by atoms with E-state index in [1.165, 1.54) is 49.8 Å². The molecule has 248 valence electrons. The van der Waals surface area contributed by atoms with Crippen molar-refractivity contribution in [1.29, 1.82) is 0 Å². The van der Waals surface area contributed by atoms with E-state index in [2.05, 4.69) is 105 Å². The molecule has 1 aliphatic carbocycles. The Bertz CT molecular complexity index is 1510. The van der Waals surface area contributed by atoms with Crippen molar-refractivity contribution in [3.05, 3.63) is 63.3 Å². The predicted octanol–water partition coefficient (Wildman–Crippen LogP) is 11.5. The number of benzene rings is 2. The van der Waals surface area contributed by atoms with Crippen molar-refractivity contribution in [2.24, 2.45) is 11.3 Å². The lowest BCUT2D eigenvalue weighted by Gasteiger charge is -2.45.